The van der Waals surface area contributed by atoms with Crippen LogP contribution in [0, 0.1) is 13.8 Å². The molecule has 1 N–H and O–H groups in total. The fourth-order valence-corrected chi connectivity index (χ4v) is 2.07. The Hall–Kier alpha value is -1.08. The number of aryl methyl sites for hydroxylation is 2. The minimum Gasteiger partial charge on any atom is -0.312 e. The van der Waals surface area contributed by atoms with Crippen molar-refractivity contribution < 1.29 is 0 Å². The molecule has 0 aliphatic rings. The van der Waals surface area contributed by atoms with E-state index in [2.05, 4.69) is 71.1 Å². The van der Waals surface area contributed by atoms with E-state index in [4.69, 9.17) is 0 Å². The van der Waals surface area contributed by atoms with Crippen LogP contribution in [0.25, 0.3) is 0 Å². The zero-order chi connectivity index (χ0) is 14.5. The summed E-state index contributed by atoms with van der Waals surface area (Å²) in [6, 6.07) is 6.77. The highest BCUT2D eigenvalue weighted by Crippen LogP contribution is 2.13. The minimum atomic E-state index is 0.218. The van der Waals surface area contributed by atoms with E-state index in [-0.39, 0.29) is 5.54 Å². The molecule has 0 saturated carbocycles. The second-order valence-corrected chi connectivity index (χ2v) is 6.61. The number of allylic oxidation sites excluding steroid dienone is 1. The molecule has 0 bridgehead atoms. The van der Waals surface area contributed by atoms with E-state index in [1.54, 1.807) is 0 Å². The summed E-state index contributed by atoms with van der Waals surface area (Å²) < 4.78 is 0. The smallest absolute Gasteiger partial charge is 0.00966 e. The average Bonchev–Trinajstić information content (AvgIpc) is 2.28. The van der Waals surface area contributed by atoms with Crippen LogP contribution in [0.15, 0.2) is 29.8 Å². The monoisotopic (exact) mass is 259 g/mol. The molecule has 0 atom stereocenters. The number of hydrogen-bond donors (Lipinski definition) is 1. The molecule has 0 saturated heterocycles. The van der Waals surface area contributed by atoms with Crippen molar-refractivity contribution in [3.8, 4) is 0 Å². The Morgan fingerprint density at radius 1 is 1.16 bits per heavy atom. The van der Waals surface area contributed by atoms with Crippen LogP contribution in [0.4, 0.5) is 0 Å². The third-order valence-electron chi connectivity index (χ3n) is 3.35. The lowest BCUT2D eigenvalue weighted by atomic mass is 10.0. The van der Waals surface area contributed by atoms with Gasteiger partial charge < -0.3 is 5.32 Å². The summed E-state index contributed by atoms with van der Waals surface area (Å²) in [5.74, 6) is 0. The molecule has 106 valence electrons. The number of rotatable bonds is 5. The summed E-state index contributed by atoms with van der Waals surface area (Å²) in [5, 5.41) is 3.51. The maximum Gasteiger partial charge on any atom is 0.00966 e. The van der Waals surface area contributed by atoms with Gasteiger partial charge in [-0.1, -0.05) is 29.8 Å². The third kappa shape index (κ3) is 6.58. The quantitative estimate of drug-likeness (QED) is 0.603. The first-order chi connectivity index (χ1) is 8.78. The molecule has 0 fully saturated rings. The van der Waals surface area contributed by atoms with Crippen LogP contribution < -0.4 is 5.32 Å². The lowest BCUT2D eigenvalue weighted by molar-refractivity contribution is 0.431. The van der Waals surface area contributed by atoms with Crippen LogP contribution in [0.5, 0.6) is 0 Å². The highest BCUT2D eigenvalue weighted by Gasteiger charge is 2.06. The molecule has 0 aromatic heterocycles. The molecule has 0 radical (unpaired) electrons. The van der Waals surface area contributed by atoms with Gasteiger partial charge in [-0.25, -0.2) is 0 Å². The molecule has 1 rings (SSSR count). The van der Waals surface area contributed by atoms with Crippen molar-refractivity contribution in [1.29, 1.82) is 0 Å². The molecule has 0 amide bonds. The number of benzene rings is 1. The summed E-state index contributed by atoms with van der Waals surface area (Å²) >= 11 is 0. The second kappa shape index (κ2) is 6.91. The van der Waals surface area contributed by atoms with Gasteiger partial charge in [0.1, 0.15) is 0 Å². The molecular weight excluding hydrogens is 230 g/mol. The van der Waals surface area contributed by atoms with Crippen molar-refractivity contribution >= 4 is 0 Å². The van der Waals surface area contributed by atoms with E-state index < -0.39 is 0 Å². The molecule has 0 aliphatic carbocycles. The Kier molecular flexibility index (Phi) is 5.81. The van der Waals surface area contributed by atoms with Gasteiger partial charge in [-0.05, 0) is 77.6 Å². The summed E-state index contributed by atoms with van der Waals surface area (Å²) in [4.78, 5) is 0. The number of hydrogen-bond acceptors (Lipinski definition) is 1. The Morgan fingerprint density at radius 2 is 1.84 bits per heavy atom. The van der Waals surface area contributed by atoms with E-state index in [0.717, 1.165) is 19.4 Å². The summed E-state index contributed by atoms with van der Waals surface area (Å²) in [5.41, 5.74) is 5.86. The van der Waals surface area contributed by atoms with Crippen molar-refractivity contribution in [3.05, 3.63) is 46.5 Å². The second-order valence-electron chi connectivity index (χ2n) is 6.61. The summed E-state index contributed by atoms with van der Waals surface area (Å²) in [6.45, 7) is 14.3. The van der Waals surface area contributed by atoms with Crippen LogP contribution in [0.1, 0.15) is 50.8 Å². The van der Waals surface area contributed by atoms with E-state index in [9.17, 15) is 0 Å². The lowest BCUT2D eigenvalue weighted by Gasteiger charge is -2.19. The van der Waals surface area contributed by atoms with E-state index in [0.29, 0.717) is 0 Å². The zero-order valence-corrected chi connectivity index (χ0v) is 13.4. The highest BCUT2D eigenvalue weighted by molar-refractivity contribution is 5.32. The van der Waals surface area contributed by atoms with E-state index >= 15 is 0 Å². The van der Waals surface area contributed by atoms with Crippen LogP contribution in [-0.2, 0) is 6.42 Å². The molecule has 1 aromatic rings. The fourth-order valence-electron chi connectivity index (χ4n) is 2.07. The van der Waals surface area contributed by atoms with Crippen LogP contribution >= 0.6 is 0 Å². The molecule has 0 aliphatic heterocycles. The van der Waals surface area contributed by atoms with Gasteiger partial charge in [0, 0.05) is 5.54 Å². The van der Waals surface area contributed by atoms with Gasteiger partial charge in [0.05, 0.1) is 0 Å². The molecular formula is C18H29N. The van der Waals surface area contributed by atoms with Gasteiger partial charge in [-0.3, -0.25) is 0 Å². The molecule has 1 aromatic carbocycles. The van der Waals surface area contributed by atoms with Gasteiger partial charge in [0.15, 0.2) is 0 Å². The SMILES string of the molecule is CC(=CCCNC(C)(C)C)Cc1ccc(C)c(C)c1. The molecule has 0 spiro atoms. The molecule has 1 heteroatoms. The van der Waals surface area contributed by atoms with E-state index in [1.165, 1.54) is 22.3 Å². The molecule has 1 nitrogen and oxygen atoms in total. The predicted octanol–water partition coefficient (Wildman–Crippen LogP) is 4.57. The maximum absolute atomic E-state index is 3.51. The van der Waals surface area contributed by atoms with Gasteiger partial charge in [0.2, 0.25) is 0 Å². The van der Waals surface area contributed by atoms with Crippen LogP contribution in [0.2, 0.25) is 0 Å². The van der Waals surface area contributed by atoms with Crippen molar-refractivity contribution in [2.24, 2.45) is 0 Å². The minimum absolute atomic E-state index is 0.218. The molecule has 0 unspecified atom stereocenters. The summed E-state index contributed by atoms with van der Waals surface area (Å²) in [7, 11) is 0. The lowest BCUT2D eigenvalue weighted by Crippen LogP contribution is -2.36. The van der Waals surface area contributed by atoms with Crippen LogP contribution in [0.3, 0.4) is 0 Å². The van der Waals surface area contributed by atoms with Crippen molar-refractivity contribution in [2.75, 3.05) is 6.54 Å². The average molecular weight is 259 g/mol. The van der Waals surface area contributed by atoms with Gasteiger partial charge in [-0.2, -0.15) is 0 Å². The predicted molar refractivity (Wildman–Crippen MR) is 85.7 cm³/mol. The van der Waals surface area contributed by atoms with E-state index in [1.807, 2.05) is 0 Å². The van der Waals surface area contributed by atoms with Crippen molar-refractivity contribution in [3.63, 3.8) is 0 Å². The Labute approximate surface area is 119 Å². The Balaban J connectivity index is 2.45. The standard InChI is InChI=1S/C18H29N/c1-14(8-7-11-19-18(4,5)6)12-17-10-9-15(2)16(3)13-17/h8-10,13,19H,7,11-12H2,1-6H3. The Morgan fingerprint density at radius 3 is 2.42 bits per heavy atom. The topological polar surface area (TPSA) is 12.0 Å². The molecule has 19 heavy (non-hydrogen) atoms. The van der Waals surface area contributed by atoms with Crippen LogP contribution in [-0.4, -0.2) is 12.1 Å². The fraction of sp³-hybridized carbons (Fsp3) is 0.556. The first-order valence-corrected chi connectivity index (χ1v) is 7.25. The zero-order valence-electron chi connectivity index (χ0n) is 13.4. The largest absolute Gasteiger partial charge is 0.312 e. The third-order valence-corrected chi connectivity index (χ3v) is 3.35. The van der Waals surface area contributed by atoms with Crippen molar-refractivity contribution in [1.82, 2.24) is 5.32 Å². The van der Waals surface area contributed by atoms with Gasteiger partial charge in [-0.15, -0.1) is 0 Å². The number of nitrogens with one attached hydrogen (secondary N) is 1. The summed E-state index contributed by atoms with van der Waals surface area (Å²) in [6.07, 6.45) is 4.53. The van der Waals surface area contributed by atoms with Gasteiger partial charge >= 0.3 is 0 Å². The highest BCUT2D eigenvalue weighted by atomic mass is 14.9. The van der Waals surface area contributed by atoms with Gasteiger partial charge in [0.25, 0.3) is 0 Å². The Bertz CT molecular complexity index is 435. The van der Waals surface area contributed by atoms with Crippen molar-refractivity contribution in [2.45, 2.75) is 59.9 Å². The first-order valence-electron chi connectivity index (χ1n) is 7.25. The normalized spacial score (nSPS) is 12.8. The molecule has 0 heterocycles. The first kappa shape index (κ1) is 16.0. The maximum atomic E-state index is 3.51.